The van der Waals surface area contributed by atoms with Crippen molar-refractivity contribution in [3.8, 4) is 11.5 Å². The van der Waals surface area contributed by atoms with E-state index in [1.807, 2.05) is 0 Å². The largest absolute Gasteiger partial charge is 0.478 e. The summed E-state index contributed by atoms with van der Waals surface area (Å²) in [5.41, 5.74) is 0.489. The Balaban J connectivity index is 2.41. The van der Waals surface area contributed by atoms with Gasteiger partial charge in [-0.3, -0.25) is 10.1 Å². The van der Waals surface area contributed by atoms with Crippen molar-refractivity contribution in [3.63, 3.8) is 0 Å². The zero-order valence-corrected chi connectivity index (χ0v) is 12.5. The van der Waals surface area contributed by atoms with E-state index in [2.05, 4.69) is 15.9 Å². The fraction of sp³-hybridized carbons (Fsp3) is 0.0714. The standard InChI is InChI=1S/C14H10BrNO5/c1-8-7-9(5-6-10(8)14(17)18)21-13-11(15)3-2-4-12(13)16(19)20/h2-7H,1H3,(H,17,18). The molecule has 21 heavy (non-hydrogen) atoms. The highest BCUT2D eigenvalue weighted by atomic mass is 79.9. The minimum atomic E-state index is -1.04. The summed E-state index contributed by atoms with van der Waals surface area (Å²) in [4.78, 5) is 21.4. The van der Waals surface area contributed by atoms with Gasteiger partial charge in [-0.1, -0.05) is 6.07 Å². The third kappa shape index (κ3) is 3.19. The number of carbonyl (C=O) groups is 1. The van der Waals surface area contributed by atoms with Crippen LogP contribution >= 0.6 is 15.9 Å². The number of aromatic carboxylic acids is 1. The Morgan fingerprint density at radius 2 is 2.05 bits per heavy atom. The van der Waals surface area contributed by atoms with Gasteiger partial charge < -0.3 is 9.84 Å². The molecule has 0 atom stereocenters. The van der Waals surface area contributed by atoms with Crippen molar-refractivity contribution in [2.75, 3.05) is 0 Å². The molecule has 2 aromatic rings. The fourth-order valence-corrected chi connectivity index (χ4v) is 2.24. The van der Waals surface area contributed by atoms with Crippen molar-refractivity contribution in [2.24, 2.45) is 0 Å². The highest BCUT2D eigenvalue weighted by molar-refractivity contribution is 9.10. The minimum Gasteiger partial charge on any atom is -0.478 e. The maximum atomic E-state index is 11.0. The Hall–Kier alpha value is -2.41. The van der Waals surface area contributed by atoms with Crippen LogP contribution in [0.15, 0.2) is 40.9 Å². The van der Waals surface area contributed by atoms with Crippen LogP contribution in [0.2, 0.25) is 0 Å². The van der Waals surface area contributed by atoms with E-state index >= 15 is 0 Å². The van der Waals surface area contributed by atoms with Crippen molar-refractivity contribution in [1.82, 2.24) is 0 Å². The van der Waals surface area contributed by atoms with Gasteiger partial charge in [-0.25, -0.2) is 4.79 Å². The van der Waals surface area contributed by atoms with Crippen LogP contribution in [0.3, 0.4) is 0 Å². The number of nitro groups is 1. The number of carboxylic acids is 1. The van der Waals surface area contributed by atoms with Gasteiger partial charge in [0, 0.05) is 6.07 Å². The number of hydrogen-bond acceptors (Lipinski definition) is 4. The van der Waals surface area contributed by atoms with Gasteiger partial charge in [0.25, 0.3) is 0 Å². The summed E-state index contributed by atoms with van der Waals surface area (Å²) >= 11 is 3.21. The van der Waals surface area contributed by atoms with Gasteiger partial charge in [-0.15, -0.1) is 0 Å². The second kappa shape index (κ2) is 5.92. The molecular formula is C14H10BrNO5. The van der Waals surface area contributed by atoms with Gasteiger partial charge in [-0.2, -0.15) is 0 Å². The van der Waals surface area contributed by atoms with Crippen LogP contribution in [0.25, 0.3) is 0 Å². The van der Waals surface area contributed by atoms with Crippen LogP contribution in [-0.4, -0.2) is 16.0 Å². The minimum absolute atomic E-state index is 0.0741. The van der Waals surface area contributed by atoms with Gasteiger partial charge >= 0.3 is 11.7 Å². The summed E-state index contributed by atoms with van der Waals surface area (Å²) in [7, 11) is 0. The smallest absolute Gasteiger partial charge is 0.335 e. The molecule has 1 N–H and O–H groups in total. The fourth-order valence-electron chi connectivity index (χ4n) is 1.80. The maximum absolute atomic E-state index is 11.0. The molecular weight excluding hydrogens is 342 g/mol. The molecule has 0 aliphatic carbocycles. The van der Waals surface area contributed by atoms with E-state index in [0.29, 0.717) is 15.8 Å². The van der Waals surface area contributed by atoms with Crippen molar-refractivity contribution >= 4 is 27.6 Å². The lowest BCUT2D eigenvalue weighted by atomic mass is 10.1. The lowest BCUT2D eigenvalue weighted by Crippen LogP contribution is -2.00. The predicted octanol–water partition coefficient (Wildman–Crippen LogP) is 4.16. The first-order valence-corrected chi connectivity index (χ1v) is 6.64. The normalized spacial score (nSPS) is 10.2. The van der Waals surface area contributed by atoms with E-state index in [4.69, 9.17) is 9.84 Å². The molecule has 2 aromatic carbocycles. The van der Waals surface area contributed by atoms with E-state index in [-0.39, 0.29) is 17.0 Å². The summed E-state index contributed by atoms with van der Waals surface area (Å²) in [6.07, 6.45) is 0. The first-order valence-electron chi connectivity index (χ1n) is 5.85. The molecule has 0 saturated carbocycles. The Morgan fingerprint density at radius 1 is 1.33 bits per heavy atom. The predicted molar refractivity (Wildman–Crippen MR) is 79.0 cm³/mol. The third-order valence-corrected chi connectivity index (χ3v) is 3.42. The van der Waals surface area contributed by atoms with Gasteiger partial charge in [0.15, 0.2) is 0 Å². The SMILES string of the molecule is Cc1cc(Oc2c(Br)cccc2[N+](=O)[O-])ccc1C(=O)O. The molecule has 0 unspecified atom stereocenters. The van der Waals surface area contributed by atoms with Crippen LogP contribution in [0.4, 0.5) is 5.69 Å². The quantitative estimate of drug-likeness (QED) is 0.659. The van der Waals surface area contributed by atoms with Crippen LogP contribution in [0, 0.1) is 17.0 Å². The molecule has 6 nitrogen and oxygen atoms in total. The highest BCUT2D eigenvalue weighted by Gasteiger charge is 2.19. The monoisotopic (exact) mass is 351 g/mol. The van der Waals surface area contributed by atoms with E-state index in [0.717, 1.165) is 0 Å². The van der Waals surface area contributed by atoms with Gasteiger partial charge in [0.2, 0.25) is 5.75 Å². The summed E-state index contributed by atoms with van der Waals surface area (Å²) in [5, 5.41) is 20.0. The molecule has 0 spiro atoms. The Labute approximate surface area is 128 Å². The zero-order valence-electron chi connectivity index (χ0n) is 10.9. The van der Waals surface area contributed by atoms with E-state index in [1.54, 1.807) is 13.0 Å². The van der Waals surface area contributed by atoms with Gasteiger partial charge in [-0.05, 0) is 52.7 Å². The molecule has 0 fully saturated rings. The molecule has 2 rings (SSSR count). The number of aryl methyl sites for hydroxylation is 1. The lowest BCUT2D eigenvalue weighted by Gasteiger charge is -2.09. The number of ether oxygens (including phenoxy) is 1. The van der Waals surface area contributed by atoms with Crippen molar-refractivity contribution < 1.29 is 19.6 Å². The Bertz CT molecular complexity index is 729. The number of benzene rings is 2. The zero-order chi connectivity index (χ0) is 15.6. The summed E-state index contributed by atoms with van der Waals surface area (Å²) in [5.74, 6) is -0.636. The number of nitro benzene ring substituents is 1. The van der Waals surface area contributed by atoms with Crippen LogP contribution in [-0.2, 0) is 0 Å². The third-order valence-electron chi connectivity index (χ3n) is 2.79. The molecule has 0 saturated heterocycles. The average molecular weight is 352 g/mol. The number of nitrogens with zero attached hydrogens (tertiary/aromatic N) is 1. The molecule has 0 aliphatic heterocycles. The maximum Gasteiger partial charge on any atom is 0.335 e. The molecule has 0 heterocycles. The summed E-state index contributed by atoms with van der Waals surface area (Å²) in [6, 6.07) is 8.87. The van der Waals surface area contributed by atoms with Crippen molar-refractivity contribution in [1.29, 1.82) is 0 Å². The van der Waals surface area contributed by atoms with Gasteiger partial charge in [0.1, 0.15) is 5.75 Å². The molecule has 0 bridgehead atoms. The molecule has 0 aromatic heterocycles. The molecule has 0 radical (unpaired) electrons. The van der Waals surface area contributed by atoms with E-state index < -0.39 is 10.9 Å². The Morgan fingerprint density at radius 3 is 2.62 bits per heavy atom. The highest BCUT2D eigenvalue weighted by Crippen LogP contribution is 2.38. The van der Waals surface area contributed by atoms with Crippen molar-refractivity contribution in [3.05, 3.63) is 62.1 Å². The number of hydrogen-bond donors (Lipinski definition) is 1. The number of halogens is 1. The van der Waals surface area contributed by atoms with E-state index in [9.17, 15) is 14.9 Å². The topological polar surface area (TPSA) is 89.7 Å². The summed E-state index contributed by atoms with van der Waals surface area (Å²) in [6.45, 7) is 1.63. The van der Waals surface area contributed by atoms with Crippen LogP contribution in [0.5, 0.6) is 11.5 Å². The van der Waals surface area contributed by atoms with Crippen molar-refractivity contribution in [2.45, 2.75) is 6.92 Å². The van der Waals surface area contributed by atoms with Gasteiger partial charge in [0.05, 0.1) is 15.0 Å². The second-order valence-corrected chi connectivity index (χ2v) is 5.08. The first kappa shape index (κ1) is 15.0. The molecule has 0 aliphatic rings. The molecule has 108 valence electrons. The first-order chi connectivity index (χ1) is 9.90. The van der Waals surface area contributed by atoms with E-state index in [1.165, 1.54) is 30.3 Å². The number of rotatable bonds is 4. The second-order valence-electron chi connectivity index (χ2n) is 4.23. The average Bonchev–Trinajstić information content (AvgIpc) is 2.40. The lowest BCUT2D eigenvalue weighted by molar-refractivity contribution is -0.385. The summed E-state index contributed by atoms with van der Waals surface area (Å²) < 4.78 is 5.98. The molecule has 0 amide bonds. The molecule has 7 heteroatoms. The van der Waals surface area contributed by atoms with Crippen LogP contribution in [0.1, 0.15) is 15.9 Å². The van der Waals surface area contributed by atoms with Crippen LogP contribution < -0.4 is 4.74 Å². The number of carboxylic acid groups (broad SMARTS) is 1. The number of para-hydroxylation sites is 1. The Kier molecular flexibility index (Phi) is 4.23.